The summed E-state index contributed by atoms with van der Waals surface area (Å²) >= 11 is 0. The lowest BCUT2D eigenvalue weighted by atomic mass is 10.2. The fourth-order valence-corrected chi connectivity index (χ4v) is 3.92. The van der Waals surface area contributed by atoms with Crippen LogP contribution < -0.4 is 5.73 Å². The molecule has 1 fully saturated rings. The van der Waals surface area contributed by atoms with E-state index in [-0.39, 0.29) is 28.7 Å². The molecule has 1 atom stereocenters. The van der Waals surface area contributed by atoms with Crippen LogP contribution in [0.2, 0.25) is 0 Å². The highest BCUT2D eigenvalue weighted by Gasteiger charge is 2.31. The molecule has 18 heavy (non-hydrogen) atoms. The van der Waals surface area contributed by atoms with Gasteiger partial charge in [-0.1, -0.05) is 0 Å². The van der Waals surface area contributed by atoms with Gasteiger partial charge in [0.25, 0.3) is 0 Å². The van der Waals surface area contributed by atoms with Gasteiger partial charge in [-0.15, -0.1) is 0 Å². The van der Waals surface area contributed by atoms with Crippen molar-refractivity contribution in [3.05, 3.63) is 15.8 Å². The minimum absolute atomic E-state index is 0.0600. The molecule has 2 heterocycles. The Bertz CT molecular complexity index is 592. The highest BCUT2D eigenvalue weighted by Crippen LogP contribution is 2.31. The smallest absolute Gasteiger partial charge is 0.333 e. The van der Waals surface area contributed by atoms with Crippen molar-refractivity contribution < 1.29 is 13.3 Å². The van der Waals surface area contributed by atoms with Crippen molar-refractivity contribution in [1.82, 2.24) is 9.78 Å². The van der Waals surface area contributed by atoms with Crippen LogP contribution >= 0.6 is 0 Å². The van der Waals surface area contributed by atoms with E-state index < -0.39 is 20.8 Å². The lowest BCUT2D eigenvalue weighted by molar-refractivity contribution is -0.384. The number of hydrogen-bond donors (Lipinski definition) is 1. The minimum atomic E-state index is -3.11. The average molecular weight is 274 g/mol. The molecule has 2 N–H and O–H groups in total. The average Bonchev–Trinajstić information content (AvgIpc) is 2.52. The first-order chi connectivity index (χ1) is 8.32. The number of nitro groups is 1. The van der Waals surface area contributed by atoms with E-state index in [2.05, 4.69) is 5.10 Å². The number of nitrogen functional groups attached to an aromatic ring is 1. The van der Waals surface area contributed by atoms with Gasteiger partial charge in [-0.3, -0.25) is 10.1 Å². The summed E-state index contributed by atoms with van der Waals surface area (Å²) in [4.78, 5) is 10.2. The van der Waals surface area contributed by atoms with Crippen LogP contribution in [0.3, 0.4) is 0 Å². The number of sulfone groups is 1. The Labute approximate surface area is 104 Å². The Balaban J connectivity index is 2.40. The number of hydrogen-bond acceptors (Lipinski definition) is 6. The van der Waals surface area contributed by atoms with E-state index in [0.717, 1.165) is 0 Å². The molecule has 100 valence electrons. The maximum atomic E-state index is 11.6. The van der Waals surface area contributed by atoms with Gasteiger partial charge in [0.15, 0.2) is 9.84 Å². The molecule has 0 amide bonds. The molecule has 0 bridgehead atoms. The van der Waals surface area contributed by atoms with Crippen molar-refractivity contribution in [3.63, 3.8) is 0 Å². The van der Waals surface area contributed by atoms with E-state index in [1.165, 1.54) is 11.6 Å². The molecule has 1 unspecified atom stereocenters. The maximum absolute atomic E-state index is 11.6. The van der Waals surface area contributed by atoms with Crippen molar-refractivity contribution in [2.75, 3.05) is 17.2 Å². The monoisotopic (exact) mass is 274 g/mol. The van der Waals surface area contributed by atoms with Gasteiger partial charge in [-0.2, -0.15) is 5.10 Å². The number of nitrogens with zero attached hydrogens (tertiary/aromatic N) is 3. The second kappa shape index (κ2) is 4.23. The van der Waals surface area contributed by atoms with E-state index in [9.17, 15) is 18.5 Å². The van der Waals surface area contributed by atoms with Gasteiger partial charge in [0.1, 0.15) is 5.69 Å². The van der Waals surface area contributed by atoms with Gasteiger partial charge >= 0.3 is 5.69 Å². The van der Waals surface area contributed by atoms with Gasteiger partial charge in [0.2, 0.25) is 5.82 Å². The molecule has 0 spiro atoms. The molecule has 1 aliphatic heterocycles. The summed E-state index contributed by atoms with van der Waals surface area (Å²) < 4.78 is 24.4. The summed E-state index contributed by atoms with van der Waals surface area (Å²) in [7, 11) is -3.11. The first-order valence-electron chi connectivity index (χ1n) is 5.51. The molecular weight excluding hydrogens is 260 g/mol. The summed E-state index contributed by atoms with van der Waals surface area (Å²) in [5.41, 5.74) is 5.66. The number of rotatable bonds is 2. The van der Waals surface area contributed by atoms with Gasteiger partial charge in [0.05, 0.1) is 22.5 Å². The fourth-order valence-electron chi connectivity index (χ4n) is 2.25. The van der Waals surface area contributed by atoms with Crippen LogP contribution in [0.5, 0.6) is 0 Å². The molecule has 1 saturated heterocycles. The number of anilines is 1. The largest absolute Gasteiger partial charge is 0.378 e. The zero-order valence-corrected chi connectivity index (χ0v) is 10.7. The Morgan fingerprint density at radius 1 is 1.56 bits per heavy atom. The van der Waals surface area contributed by atoms with Gasteiger partial charge < -0.3 is 5.73 Å². The van der Waals surface area contributed by atoms with E-state index in [0.29, 0.717) is 12.8 Å². The lowest BCUT2D eigenvalue weighted by Crippen LogP contribution is -2.28. The van der Waals surface area contributed by atoms with Crippen molar-refractivity contribution >= 4 is 21.3 Å². The van der Waals surface area contributed by atoms with E-state index in [1.807, 2.05) is 0 Å². The zero-order valence-electron chi connectivity index (χ0n) is 9.87. The highest BCUT2D eigenvalue weighted by atomic mass is 32.2. The van der Waals surface area contributed by atoms with Gasteiger partial charge in [0, 0.05) is 0 Å². The van der Waals surface area contributed by atoms with Crippen molar-refractivity contribution in [2.24, 2.45) is 0 Å². The molecule has 2 rings (SSSR count). The topological polar surface area (TPSA) is 121 Å². The van der Waals surface area contributed by atoms with E-state index in [1.54, 1.807) is 0 Å². The standard InChI is InChI=1S/C9H14N4O4S/c1-6-8(13(14)15)9(10)12(11-6)7-3-2-4-18(16,17)5-7/h7H,2-5,10H2,1H3. The van der Waals surface area contributed by atoms with Crippen LogP contribution in [-0.4, -0.2) is 34.6 Å². The molecule has 0 radical (unpaired) electrons. The second-order valence-electron chi connectivity index (χ2n) is 4.43. The summed E-state index contributed by atoms with van der Waals surface area (Å²) in [5, 5.41) is 14.8. The molecule has 0 aliphatic carbocycles. The molecule has 1 aromatic rings. The third-order valence-corrected chi connectivity index (χ3v) is 4.86. The second-order valence-corrected chi connectivity index (χ2v) is 6.66. The SMILES string of the molecule is Cc1nn(C2CCCS(=O)(=O)C2)c(N)c1[N+](=O)[O-]. The molecule has 0 aromatic carbocycles. The quantitative estimate of drug-likeness (QED) is 0.616. The first kappa shape index (κ1) is 12.8. The minimum Gasteiger partial charge on any atom is -0.378 e. The summed E-state index contributed by atoms with van der Waals surface area (Å²) in [6, 6.07) is -0.406. The molecule has 1 aromatic heterocycles. The van der Waals surface area contributed by atoms with Crippen LogP contribution in [0.15, 0.2) is 0 Å². The lowest BCUT2D eigenvalue weighted by Gasteiger charge is -2.22. The predicted octanol–water partition coefficient (Wildman–Crippen LogP) is 0.432. The fraction of sp³-hybridized carbons (Fsp3) is 0.667. The Hall–Kier alpha value is -1.64. The number of aromatic nitrogens is 2. The van der Waals surface area contributed by atoms with Gasteiger partial charge in [-0.05, 0) is 19.8 Å². The normalized spacial score (nSPS) is 22.8. The predicted molar refractivity (Wildman–Crippen MR) is 65.0 cm³/mol. The van der Waals surface area contributed by atoms with Crippen molar-refractivity contribution in [3.8, 4) is 0 Å². The maximum Gasteiger partial charge on any atom is 0.333 e. The van der Waals surface area contributed by atoms with Crippen molar-refractivity contribution in [2.45, 2.75) is 25.8 Å². The highest BCUT2D eigenvalue weighted by molar-refractivity contribution is 7.91. The summed E-state index contributed by atoms with van der Waals surface area (Å²) in [5.74, 6) is 0.0286. The van der Waals surface area contributed by atoms with Crippen LogP contribution in [-0.2, 0) is 9.84 Å². The van der Waals surface area contributed by atoms with E-state index in [4.69, 9.17) is 5.73 Å². The molecule has 0 saturated carbocycles. The Kier molecular flexibility index (Phi) is 3.01. The molecule has 9 heteroatoms. The van der Waals surface area contributed by atoms with Crippen LogP contribution in [0.4, 0.5) is 11.5 Å². The third kappa shape index (κ3) is 2.17. The number of nitrogens with two attached hydrogens (primary N) is 1. The van der Waals surface area contributed by atoms with E-state index >= 15 is 0 Å². The summed E-state index contributed by atoms with van der Waals surface area (Å²) in [6.07, 6.45) is 1.14. The number of aryl methyl sites for hydroxylation is 1. The molecule has 1 aliphatic rings. The zero-order chi connectivity index (χ0) is 13.5. The third-order valence-electron chi connectivity index (χ3n) is 3.06. The Morgan fingerprint density at radius 2 is 2.22 bits per heavy atom. The van der Waals surface area contributed by atoms with Crippen molar-refractivity contribution in [1.29, 1.82) is 0 Å². The van der Waals surface area contributed by atoms with Crippen LogP contribution in [0.1, 0.15) is 24.6 Å². The first-order valence-corrected chi connectivity index (χ1v) is 7.33. The summed E-state index contributed by atoms with van der Waals surface area (Å²) in [6.45, 7) is 1.49. The van der Waals surface area contributed by atoms with Crippen LogP contribution in [0.25, 0.3) is 0 Å². The molecular formula is C9H14N4O4S. The van der Waals surface area contributed by atoms with Crippen LogP contribution in [0, 0.1) is 17.0 Å². The molecule has 8 nitrogen and oxygen atoms in total. The Morgan fingerprint density at radius 3 is 2.72 bits per heavy atom. The van der Waals surface area contributed by atoms with Gasteiger partial charge in [-0.25, -0.2) is 13.1 Å².